The van der Waals surface area contributed by atoms with E-state index in [9.17, 15) is 0 Å². The Kier molecular flexibility index (Phi) is 4.12. The molecule has 0 fully saturated rings. The van der Waals surface area contributed by atoms with Gasteiger partial charge in [0.2, 0.25) is 0 Å². The van der Waals surface area contributed by atoms with Gasteiger partial charge in [-0.25, -0.2) is 0 Å². The van der Waals surface area contributed by atoms with Crippen molar-refractivity contribution in [2.45, 2.75) is 39.5 Å². The van der Waals surface area contributed by atoms with Gasteiger partial charge >= 0.3 is 0 Å². The molecule has 0 saturated heterocycles. The molecule has 0 amide bonds. The zero-order chi connectivity index (χ0) is 8.81. The minimum Gasteiger partial charge on any atom is -0.361 e. The van der Waals surface area contributed by atoms with E-state index in [1.165, 1.54) is 38.1 Å². The fraction of sp³-hybridized carbons (Fsp3) is 0.900. The minimum absolute atomic E-state index is 1.05. The van der Waals surface area contributed by atoms with Crippen molar-refractivity contribution in [1.82, 2.24) is 4.90 Å². The summed E-state index contributed by atoms with van der Waals surface area (Å²) in [6.45, 7) is 7.84. The van der Waals surface area contributed by atoms with E-state index in [0.717, 1.165) is 13.1 Å². The maximum Gasteiger partial charge on any atom is 0.0989 e. The predicted molar refractivity (Wildman–Crippen MR) is 53.7 cm³/mol. The molecular weight excluding hydrogens is 148 g/mol. The van der Waals surface area contributed by atoms with Gasteiger partial charge in [-0.3, -0.25) is 4.99 Å². The molecule has 2 heteroatoms. The van der Waals surface area contributed by atoms with Gasteiger partial charge in [0, 0.05) is 26.1 Å². The summed E-state index contributed by atoms with van der Waals surface area (Å²) in [4.78, 5) is 6.93. The van der Waals surface area contributed by atoms with Crippen LogP contribution in [0.15, 0.2) is 4.99 Å². The van der Waals surface area contributed by atoms with Crippen molar-refractivity contribution in [3.63, 3.8) is 0 Å². The third-order valence-electron chi connectivity index (χ3n) is 2.38. The molecule has 0 aromatic rings. The topological polar surface area (TPSA) is 15.6 Å². The van der Waals surface area contributed by atoms with Crippen LogP contribution in [0.4, 0.5) is 0 Å². The second-order valence-corrected chi connectivity index (χ2v) is 3.33. The number of nitrogens with zero attached hydrogens (tertiary/aromatic N) is 2. The van der Waals surface area contributed by atoms with Gasteiger partial charge in [0.15, 0.2) is 0 Å². The standard InChI is InChI=1S/C10H20N2/c1-3-5-9-12(4-2)10-7-6-8-11-10/h3-9H2,1-2H3. The number of hydrogen-bond donors (Lipinski definition) is 0. The Morgan fingerprint density at radius 3 is 2.75 bits per heavy atom. The maximum atomic E-state index is 4.50. The van der Waals surface area contributed by atoms with Gasteiger partial charge in [0.05, 0.1) is 5.84 Å². The highest BCUT2D eigenvalue weighted by molar-refractivity contribution is 5.83. The van der Waals surface area contributed by atoms with Crippen LogP contribution in [-0.4, -0.2) is 30.4 Å². The van der Waals surface area contributed by atoms with Crippen LogP contribution in [0.1, 0.15) is 39.5 Å². The Balaban J connectivity index is 2.33. The van der Waals surface area contributed by atoms with E-state index in [0.29, 0.717) is 0 Å². The molecule has 0 radical (unpaired) electrons. The normalized spacial score (nSPS) is 16.3. The predicted octanol–water partition coefficient (Wildman–Crippen LogP) is 2.30. The average molecular weight is 168 g/mol. The largest absolute Gasteiger partial charge is 0.361 e. The first-order valence-electron chi connectivity index (χ1n) is 5.16. The molecule has 0 aromatic carbocycles. The van der Waals surface area contributed by atoms with Gasteiger partial charge in [-0.1, -0.05) is 13.3 Å². The highest BCUT2D eigenvalue weighted by Crippen LogP contribution is 2.09. The average Bonchev–Trinajstić information content (AvgIpc) is 2.59. The Hall–Kier alpha value is -0.530. The molecular formula is C10H20N2. The Labute approximate surface area is 75.7 Å². The molecule has 70 valence electrons. The van der Waals surface area contributed by atoms with Crippen LogP contribution in [0.5, 0.6) is 0 Å². The smallest absolute Gasteiger partial charge is 0.0989 e. The van der Waals surface area contributed by atoms with Crippen molar-refractivity contribution in [1.29, 1.82) is 0 Å². The molecule has 0 atom stereocenters. The Morgan fingerprint density at radius 1 is 1.42 bits per heavy atom. The van der Waals surface area contributed by atoms with Gasteiger partial charge in [0.1, 0.15) is 0 Å². The molecule has 0 aliphatic carbocycles. The summed E-state index contributed by atoms with van der Waals surface area (Å²) in [6.07, 6.45) is 5.05. The lowest BCUT2D eigenvalue weighted by molar-refractivity contribution is 0.422. The number of aliphatic imine (C=N–C) groups is 1. The van der Waals surface area contributed by atoms with Crippen molar-refractivity contribution in [2.75, 3.05) is 19.6 Å². The van der Waals surface area contributed by atoms with E-state index >= 15 is 0 Å². The van der Waals surface area contributed by atoms with Crippen molar-refractivity contribution in [3.05, 3.63) is 0 Å². The van der Waals surface area contributed by atoms with Crippen molar-refractivity contribution < 1.29 is 0 Å². The monoisotopic (exact) mass is 168 g/mol. The van der Waals surface area contributed by atoms with Crippen LogP contribution in [-0.2, 0) is 0 Å². The van der Waals surface area contributed by atoms with E-state index < -0.39 is 0 Å². The lowest BCUT2D eigenvalue weighted by Gasteiger charge is -2.22. The Bertz CT molecular complexity index is 152. The van der Waals surface area contributed by atoms with Crippen LogP contribution in [0.25, 0.3) is 0 Å². The zero-order valence-electron chi connectivity index (χ0n) is 8.34. The molecule has 0 spiro atoms. The quantitative estimate of drug-likeness (QED) is 0.629. The molecule has 1 aliphatic heterocycles. The van der Waals surface area contributed by atoms with Gasteiger partial charge in [-0.05, 0) is 19.8 Å². The molecule has 1 heterocycles. The van der Waals surface area contributed by atoms with Crippen LogP contribution in [0.3, 0.4) is 0 Å². The summed E-state index contributed by atoms with van der Waals surface area (Å²) >= 11 is 0. The number of hydrogen-bond acceptors (Lipinski definition) is 2. The molecule has 0 aromatic heterocycles. The summed E-state index contributed by atoms with van der Waals surface area (Å²) in [5, 5.41) is 0. The van der Waals surface area contributed by atoms with Gasteiger partial charge in [0.25, 0.3) is 0 Å². The van der Waals surface area contributed by atoms with Crippen LogP contribution >= 0.6 is 0 Å². The third kappa shape index (κ3) is 2.50. The SMILES string of the molecule is CCCCN(CC)C1=NCCC1. The van der Waals surface area contributed by atoms with E-state index in [1.54, 1.807) is 0 Å². The lowest BCUT2D eigenvalue weighted by atomic mass is 10.2. The number of unbranched alkanes of at least 4 members (excludes halogenated alkanes) is 1. The maximum absolute atomic E-state index is 4.50. The highest BCUT2D eigenvalue weighted by Gasteiger charge is 2.11. The molecule has 1 rings (SSSR count). The molecule has 2 nitrogen and oxygen atoms in total. The molecule has 0 saturated carbocycles. The van der Waals surface area contributed by atoms with E-state index in [2.05, 4.69) is 23.7 Å². The fourth-order valence-electron chi connectivity index (χ4n) is 1.60. The van der Waals surface area contributed by atoms with Gasteiger partial charge in [-0.15, -0.1) is 0 Å². The summed E-state index contributed by atoms with van der Waals surface area (Å²) in [6, 6.07) is 0. The van der Waals surface area contributed by atoms with E-state index in [4.69, 9.17) is 0 Å². The minimum atomic E-state index is 1.05. The molecule has 12 heavy (non-hydrogen) atoms. The first-order valence-corrected chi connectivity index (χ1v) is 5.16. The summed E-state index contributed by atoms with van der Waals surface area (Å²) in [5.74, 6) is 1.35. The van der Waals surface area contributed by atoms with Gasteiger partial charge in [-0.2, -0.15) is 0 Å². The molecule has 0 N–H and O–H groups in total. The number of rotatable bonds is 4. The molecule has 0 unspecified atom stereocenters. The number of amidine groups is 1. The van der Waals surface area contributed by atoms with Crippen LogP contribution in [0, 0.1) is 0 Å². The second-order valence-electron chi connectivity index (χ2n) is 3.33. The van der Waals surface area contributed by atoms with Crippen molar-refractivity contribution in [2.24, 2.45) is 4.99 Å². The highest BCUT2D eigenvalue weighted by atomic mass is 15.2. The van der Waals surface area contributed by atoms with Crippen molar-refractivity contribution >= 4 is 5.84 Å². The molecule has 0 bridgehead atoms. The summed E-state index contributed by atoms with van der Waals surface area (Å²) in [5.41, 5.74) is 0. The fourth-order valence-corrected chi connectivity index (χ4v) is 1.60. The van der Waals surface area contributed by atoms with Crippen LogP contribution in [0.2, 0.25) is 0 Å². The van der Waals surface area contributed by atoms with E-state index in [1.807, 2.05) is 0 Å². The lowest BCUT2D eigenvalue weighted by Crippen LogP contribution is -2.30. The second kappa shape index (κ2) is 5.18. The molecule has 1 aliphatic rings. The first kappa shape index (κ1) is 9.56. The summed E-state index contributed by atoms with van der Waals surface area (Å²) < 4.78 is 0. The first-order chi connectivity index (χ1) is 5.88. The van der Waals surface area contributed by atoms with Crippen LogP contribution < -0.4 is 0 Å². The summed E-state index contributed by atoms with van der Waals surface area (Å²) in [7, 11) is 0. The zero-order valence-corrected chi connectivity index (χ0v) is 8.34. The van der Waals surface area contributed by atoms with E-state index in [-0.39, 0.29) is 0 Å². The van der Waals surface area contributed by atoms with Gasteiger partial charge < -0.3 is 4.90 Å². The van der Waals surface area contributed by atoms with Crippen molar-refractivity contribution in [3.8, 4) is 0 Å². The Morgan fingerprint density at radius 2 is 2.25 bits per heavy atom. The third-order valence-corrected chi connectivity index (χ3v) is 2.38.